The van der Waals surface area contributed by atoms with E-state index in [1.807, 2.05) is 0 Å². The molecule has 1 saturated heterocycles. The lowest BCUT2D eigenvalue weighted by molar-refractivity contribution is -0.126. The van der Waals surface area contributed by atoms with Gasteiger partial charge in [0.15, 0.2) is 0 Å². The maximum atomic E-state index is 12.8. The van der Waals surface area contributed by atoms with Crippen molar-refractivity contribution in [1.82, 2.24) is 9.62 Å². The monoisotopic (exact) mass is 420 g/mol. The van der Waals surface area contributed by atoms with Crippen molar-refractivity contribution in [3.63, 3.8) is 0 Å². The van der Waals surface area contributed by atoms with Gasteiger partial charge in [0.1, 0.15) is 5.75 Å². The summed E-state index contributed by atoms with van der Waals surface area (Å²) in [5.41, 5.74) is 0. The summed E-state index contributed by atoms with van der Waals surface area (Å²) in [5, 5.41) is 3.12. The van der Waals surface area contributed by atoms with E-state index >= 15 is 0 Å². The van der Waals surface area contributed by atoms with Crippen LogP contribution < -0.4 is 10.1 Å². The zero-order chi connectivity index (χ0) is 20.4. The van der Waals surface area contributed by atoms with Crippen LogP contribution in [0.2, 0.25) is 0 Å². The first-order valence-corrected chi connectivity index (χ1v) is 12.3. The number of piperidine rings is 1. The fourth-order valence-corrected chi connectivity index (χ4v) is 6.98. The molecule has 29 heavy (non-hydrogen) atoms. The minimum atomic E-state index is -3.52. The number of amides is 1. The van der Waals surface area contributed by atoms with Gasteiger partial charge in [-0.2, -0.15) is 4.31 Å². The fraction of sp³-hybridized carbons (Fsp3) is 0.682. The molecule has 3 fully saturated rings. The predicted octanol–water partition coefficient (Wildman–Crippen LogP) is 3.04. The lowest BCUT2D eigenvalue weighted by Gasteiger charge is -2.30. The van der Waals surface area contributed by atoms with Gasteiger partial charge >= 0.3 is 0 Å². The molecule has 3 aliphatic rings. The van der Waals surface area contributed by atoms with E-state index < -0.39 is 10.0 Å². The molecule has 2 saturated carbocycles. The highest BCUT2D eigenvalue weighted by molar-refractivity contribution is 7.89. The molecule has 160 valence electrons. The van der Waals surface area contributed by atoms with Crippen LogP contribution in [0, 0.1) is 23.7 Å². The molecular formula is C22H32N2O4S. The Hall–Kier alpha value is -1.60. The van der Waals surface area contributed by atoms with Crippen molar-refractivity contribution in [2.45, 2.75) is 49.8 Å². The van der Waals surface area contributed by atoms with Crippen LogP contribution in [-0.4, -0.2) is 45.4 Å². The minimum Gasteiger partial charge on any atom is -0.497 e. The van der Waals surface area contributed by atoms with Crippen LogP contribution in [0.4, 0.5) is 0 Å². The summed E-state index contributed by atoms with van der Waals surface area (Å²) in [4.78, 5) is 12.8. The number of nitrogens with one attached hydrogen (secondary N) is 1. The van der Waals surface area contributed by atoms with E-state index in [1.165, 1.54) is 30.0 Å². The highest BCUT2D eigenvalue weighted by Gasteiger charge is 2.39. The molecule has 7 heteroatoms. The van der Waals surface area contributed by atoms with Crippen molar-refractivity contribution in [1.29, 1.82) is 0 Å². The summed E-state index contributed by atoms with van der Waals surface area (Å²) in [5.74, 6) is 3.27. The van der Waals surface area contributed by atoms with Crippen molar-refractivity contribution in [3.8, 4) is 5.75 Å². The molecule has 0 spiro atoms. The SMILES string of the molecule is COc1ccc(S(=O)(=O)N2CCC(C(=O)NCCC3CC4CCC3C4)CC2)cc1. The molecule has 0 aromatic heterocycles. The van der Waals surface area contributed by atoms with Gasteiger partial charge in [0.2, 0.25) is 15.9 Å². The second-order valence-corrected chi connectivity index (χ2v) is 10.8. The molecule has 1 aromatic carbocycles. The Morgan fingerprint density at radius 3 is 2.41 bits per heavy atom. The topological polar surface area (TPSA) is 75.7 Å². The molecule has 1 amide bonds. The molecule has 1 aromatic rings. The number of nitrogens with zero attached hydrogens (tertiary/aromatic N) is 1. The van der Waals surface area contributed by atoms with Crippen LogP contribution in [-0.2, 0) is 14.8 Å². The van der Waals surface area contributed by atoms with Gasteiger partial charge < -0.3 is 10.1 Å². The van der Waals surface area contributed by atoms with E-state index in [2.05, 4.69) is 5.32 Å². The zero-order valence-corrected chi connectivity index (χ0v) is 18.0. The Kier molecular flexibility index (Phi) is 6.16. The lowest BCUT2D eigenvalue weighted by atomic mass is 9.86. The van der Waals surface area contributed by atoms with Gasteiger partial charge in [0.05, 0.1) is 12.0 Å². The van der Waals surface area contributed by atoms with Crippen LogP contribution in [0.15, 0.2) is 29.2 Å². The summed E-state index contributed by atoms with van der Waals surface area (Å²) in [6.45, 7) is 1.54. The molecule has 2 bridgehead atoms. The quantitative estimate of drug-likeness (QED) is 0.736. The summed E-state index contributed by atoms with van der Waals surface area (Å²) in [7, 11) is -1.97. The number of carbonyl (C=O) groups is 1. The van der Waals surface area contributed by atoms with Gasteiger partial charge in [-0.15, -0.1) is 0 Å². The third kappa shape index (κ3) is 4.45. The first-order chi connectivity index (χ1) is 14.0. The van der Waals surface area contributed by atoms with Crippen molar-refractivity contribution >= 4 is 15.9 Å². The summed E-state index contributed by atoms with van der Waals surface area (Å²) in [6, 6.07) is 6.46. The highest BCUT2D eigenvalue weighted by atomic mass is 32.2. The van der Waals surface area contributed by atoms with E-state index in [4.69, 9.17) is 4.74 Å². The standard InChI is InChI=1S/C22H32N2O4S/c1-28-20-4-6-21(7-5-20)29(26,27)24-12-9-17(10-13-24)22(25)23-11-8-19-15-16-2-3-18(19)14-16/h4-7,16-19H,2-3,8-15H2,1H3,(H,23,25). The molecule has 0 radical (unpaired) electrons. The number of hydrogen-bond donors (Lipinski definition) is 1. The smallest absolute Gasteiger partial charge is 0.243 e. The average molecular weight is 421 g/mol. The largest absolute Gasteiger partial charge is 0.497 e. The fourth-order valence-electron chi connectivity index (χ4n) is 5.51. The first-order valence-electron chi connectivity index (χ1n) is 10.9. The number of sulfonamides is 1. The summed E-state index contributed by atoms with van der Waals surface area (Å²) in [6.07, 6.45) is 7.79. The number of carbonyl (C=O) groups excluding carboxylic acids is 1. The van der Waals surface area contributed by atoms with Gasteiger partial charge in [0, 0.05) is 25.6 Å². The minimum absolute atomic E-state index is 0.0858. The summed E-state index contributed by atoms with van der Waals surface area (Å²) >= 11 is 0. The number of benzene rings is 1. The van der Waals surface area contributed by atoms with Crippen LogP contribution in [0.3, 0.4) is 0 Å². The van der Waals surface area contributed by atoms with Crippen molar-refractivity contribution in [2.24, 2.45) is 23.7 Å². The second kappa shape index (κ2) is 8.64. The molecule has 1 aliphatic heterocycles. The number of rotatable bonds is 7. The van der Waals surface area contributed by atoms with E-state index in [0.717, 1.165) is 30.7 Å². The van der Waals surface area contributed by atoms with E-state index in [1.54, 1.807) is 31.4 Å². The summed E-state index contributed by atoms with van der Waals surface area (Å²) < 4.78 is 32.2. The normalized spacial score (nSPS) is 27.8. The van der Waals surface area contributed by atoms with E-state index in [-0.39, 0.29) is 16.7 Å². The van der Waals surface area contributed by atoms with E-state index in [9.17, 15) is 13.2 Å². The molecule has 4 rings (SSSR count). The Morgan fingerprint density at radius 1 is 1.10 bits per heavy atom. The number of ether oxygens (including phenoxy) is 1. The number of hydrogen-bond acceptors (Lipinski definition) is 4. The molecular weight excluding hydrogens is 388 g/mol. The van der Waals surface area contributed by atoms with Gasteiger partial charge in [-0.3, -0.25) is 4.79 Å². The predicted molar refractivity (Wildman–Crippen MR) is 111 cm³/mol. The number of methoxy groups -OCH3 is 1. The van der Waals surface area contributed by atoms with Crippen LogP contribution in [0.5, 0.6) is 5.75 Å². The van der Waals surface area contributed by atoms with Gasteiger partial charge in [-0.1, -0.05) is 6.42 Å². The van der Waals surface area contributed by atoms with Gasteiger partial charge in [-0.25, -0.2) is 8.42 Å². The Balaban J connectivity index is 1.23. The van der Waals surface area contributed by atoms with Crippen molar-refractivity contribution < 1.29 is 17.9 Å². The van der Waals surface area contributed by atoms with Gasteiger partial charge in [-0.05, 0) is 80.5 Å². The lowest BCUT2D eigenvalue weighted by Crippen LogP contribution is -2.43. The van der Waals surface area contributed by atoms with Crippen molar-refractivity contribution in [3.05, 3.63) is 24.3 Å². The highest BCUT2D eigenvalue weighted by Crippen LogP contribution is 2.49. The average Bonchev–Trinajstić information content (AvgIpc) is 3.37. The third-order valence-corrected chi connectivity index (χ3v) is 9.13. The van der Waals surface area contributed by atoms with Crippen LogP contribution in [0.1, 0.15) is 44.9 Å². The maximum absolute atomic E-state index is 12.8. The molecule has 3 unspecified atom stereocenters. The Morgan fingerprint density at radius 2 is 1.83 bits per heavy atom. The molecule has 6 nitrogen and oxygen atoms in total. The van der Waals surface area contributed by atoms with Crippen molar-refractivity contribution in [2.75, 3.05) is 26.7 Å². The molecule has 1 heterocycles. The Labute approximate surface area is 174 Å². The zero-order valence-electron chi connectivity index (χ0n) is 17.2. The maximum Gasteiger partial charge on any atom is 0.243 e. The van der Waals surface area contributed by atoms with Crippen LogP contribution in [0.25, 0.3) is 0 Å². The van der Waals surface area contributed by atoms with E-state index in [0.29, 0.717) is 31.7 Å². The third-order valence-electron chi connectivity index (χ3n) is 7.22. The molecule has 1 N–H and O–H groups in total. The van der Waals surface area contributed by atoms with Gasteiger partial charge in [0.25, 0.3) is 0 Å². The Bertz CT molecular complexity index is 816. The number of fused-ring (bicyclic) bond motifs is 2. The molecule has 3 atom stereocenters. The van der Waals surface area contributed by atoms with Crippen LogP contribution >= 0.6 is 0 Å². The molecule has 2 aliphatic carbocycles. The first kappa shape index (κ1) is 20.7. The second-order valence-electron chi connectivity index (χ2n) is 8.87.